The molecule has 0 heterocycles. The van der Waals surface area contributed by atoms with Crippen LogP contribution in [0, 0.1) is 12.3 Å². The summed E-state index contributed by atoms with van der Waals surface area (Å²) >= 11 is 0. The third-order valence-electron chi connectivity index (χ3n) is 6.23. The number of rotatable bonds is 18. The zero-order valence-electron chi connectivity index (χ0n) is 19.2. The summed E-state index contributed by atoms with van der Waals surface area (Å²) in [6.45, 7) is 29.1. The predicted octanol–water partition coefficient (Wildman–Crippen LogP) is 3.72. The summed E-state index contributed by atoms with van der Waals surface area (Å²) in [5.41, 5.74) is 0.271. The van der Waals surface area contributed by atoms with Crippen molar-refractivity contribution in [3.05, 3.63) is 6.92 Å². The van der Waals surface area contributed by atoms with E-state index in [4.69, 9.17) is 6.92 Å². The molecule has 165 valence electrons. The molecule has 0 aromatic carbocycles. The van der Waals surface area contributed by atoms with Gasteiger partial charge in [-0.25, -0.2) is 0 Å². The summed E-state index contributed by atoms with van der Waals surface area (Å²) in [5, 5.41) is 0. The third-order valence-corrected chi connectivity index (χ3v) is 6.23. The molecule has 0 aromatic rings. The summed E-state index contributed by atoms with van der Waals surface area (Å²) in [6.07, 6.45) is 7.71. The van der Waals surface area contributed by atoms with Gasteiger partial charge in [0.15, 0.2) is 0 Å². The minimum atomic E-state index is 0. The minimum absolute atomic E-state index is 0. The second-order valence-electron chi connectivity index (χ2n) is 7.89. The average molecular weight is 445 g/mol. The average Bonchev–Trinajstić information content (AvgIpc) is 2.66. The van der Waals surface area contributed by atoms with Gasteiger partial charge in [-0.15, -0.1) is 0 Å². The number of hydrogen-bond acceptors (Lipinski definition) is 3. The molecule has 0 saturated carbocycles. The van der Waals surface area contributed by atoms with Crippen molar-refractivity contribution in [1.82, 2.24) is 14.7 Å². The van der Waals surface area contributed by atoms with Gasteiger partial charge in [-0.3, -0.25) is 0 Å². The van der Waals surface area contributed by atoms with E-state index in [0.717, 1.165) is 0 Å². The van der Waals surface area contributed by atoms with Gasteiger partial charge in [-0.1, -0.05) is 41.5 Å². The van der Waals surface area contributed by atoms with Gasteiger partial charge < -0.3 is 14.7 Å². The van der Waals surface area contributed by atoms with Crippen LogP contribution >= 0.6 is 0 Å². The Morgan fingerprint density at radius 3 is 0.926 bits per heavy atom. The van der Waals surface area contributed by atoms with Crippen LogP contribution in [0.15, 0.2) is 0 Å². The van der Waals surface area contributed by atoms with Crippen LogP contribution in [-0.2, 0) is 0 Å². The van der Waals surface area contributed by atoms with Gasteiger partial charge >= 0.3 is 17.6 Å². The summed E-state index contributed by atoms with van der Waals surface area (Å²) in [6, 6.07) is 0. The van der Waals surface area contributed by atoms with Crippen LogP contribution in [0.2, 0.25) is 0 Å². The molecule has 0 rings (SSSR count). The van der Waals surface area contributed by atoms with Gasteiger partial charge in [-0.2, -0.15) is 0 Å². The molecule has 3 nitrogen and oxygen atoms in total. The molecule has 0 unspecified atom stereocenters. The Bertz CT molecular complexity index is 254. The maximum absolute atomic E-state index is 4.76. The normalized spacial score (nSPS) is 12.2. The summed E-state index contributed by atoms with van der Waals surface area (Å²) in [4.78, 5) is 7.64. The van der Waals surface area contributed by atoms with E-state index in [9.17, 15) is 0 Å². The standard InChI is InChI=1S/C23H50N3.GeH4/c1-8-24(9-2)20-14-17-23(7,18-15-21-25(10-3)11-4)19-16-22-26(12-5)13-6;/h7-22H2,1-6H3;1H4. The first-order valence-electron chi connectivity index (χ1n) is 11.5. The van der Waals surface area contributed by atoms with Crippen molar-refractivity contribution < 1.29 is 0 Å². The maximum atomic E-state index is 4.76. The molecule has 0 atom stereocenters. The van der Waals surface area contributed by atoms with Gasteiger partial charge in [0.2, 0.25) is 0 Å². The van der Waals surface area contributed by atoms with Gasteiger partial charge in [0.05, 0.1) is 0 Å². The third kappa shape index (κ3) is 14.1. The summed E-state index contributed by atoms with van der Waals surface area (Å²) < 4.78 is 0. The van der Waals surface area contributed by atoms with Crippen molar-refractivity contribution in [2.45, 2.75) is 80.1 Å². The summed E-state index contributed by atoms with van der Waals surface area (Å²) in [7, 11) is 0. The predicted molar refractivity (Wildman–Crippen MR) is 130 cm³/mol. The van der Waals surface area contributed by atoms with E-state index in [2.05, 4.69) is 56.2 Å². The first kappa shape index (κ1) is 29.6. The van der Waals surface area contributed by atoms with Gasteiger partial charge in [0.1, 0.15) is 0 Å². The van der Waals surface area contributed by atoms with Crippen molar-refractivity contribution in [3.63, 3.8) is 0 Å². The van der Waals surface area contributed by atoms with Gasteiger partial charge in [-0.05, 0) is 110 Å². The van der Waals surface area contributed by atoms with Crippen molar-refractivity contribution >= 4 is 17.6 Å². The molecule has 0 aliphatic carbocycles. The molecule has 0 fully saturated rings. The SMILES string of the molecule is [CH2]C(CCCN(CC)CC)(CCCN(CC)CC)CCCN(CC)CC.[GeH4]. The van der Waals surface area contributed by atoms with E-state index >= 15 is 0 Å². The van der Waals surface area contributed by atoms with Crippen LogP contribution in [0.1, 0.15) is 80.1 Å². The zero-order valence-corrected chi connectivity index (χ0v) is 19.2. The topological polar surface area (TPSA) is 9.72 Å². The van der Waals surface area contributed by atoms with Crippen LogP contribution in [0.25, 0.3) is 0 Å². The fourth-order valence-corrected chi connectivity index (χ4v) is 4.03. The Labute approximate surface area is 183 Å². The van der Waals surface area contributed by atoms with Crippen LogP contribution < -0.4 is 0 Å². The molecular weight excluding hydrogens is 391 g/mol. The first-order chi connectivity index (χ1) is 12.5. The monoisotopic (exact) mass is 446 g/mol. The van der Waals surface area contributed by atoms with Crippen molar-refractivity contribution in [2.24, 2.45) is 5.41 Å². The molecule has 0 aromatic heterocycles. The molecule has 1 radical (unpaired) electrons. The van der Waals surface area contributed by atoms with Crippen LogP contribution in [-0.4, -0.2) is 91.2 Å². The van der Waals surface area contributed by atoms with Crippen molar-refractivity contribution in [3.8, 4) is 0 Å². The first-order valence-corrected chi connectivity index (χ1v) is 11.5. The Morgan fingerprint density at radius 2 is 0.741 bits per heavy atom. The molecule has 0 amide bonds. The molecule has 0 spiro atoms. The Hall–Kier alpha value is 0.423. The van der Waals surface area contributed by atoms with E-state index < -0.39 is 0 Å². The Balaban J connectivity index is 0. The molecule has 27 heavy (non-hydrogen) atoms. The Kier molecular flexibility index (Phi) is 20.2. The van der Waals surface area contributed by atoms with Crippen LogP contribution in [0.5, 0.6) is 0 Å². The molecule has 0 bridgehead atoms. The molecule has 0 aliphatic heterocycles. The molecular formula is C23H54GeN3. The Morgan fingerprint density at radius 1 is 0.519 bits per heavy atom. The zero-order chi connectivity index (χ0) is 19.8. The second-order valence-corrected chi connectivity index (χ2v) is 7.89. The van der Waals surface area contributed by atoms with E-state index in [1.54, 1.807) is 0 Å². The van der Waals surface area contributed by atoms with Gasteiger partial charge in [0.25, 0.3) is 0 Å². The molecule has 0 N–H and O–H groups in total. The van der Waals surface area contributed by atoms with Gasteiger partial charge in [0, 0.05) is 0 Å². The van der Waals surface area contributed by atoms with Crippen molar-refractivity contribution in [2.75, 3.05) is 58.9 Å². The molecule has 0 saturated heterocycles. The summed E-state index contributed by atoms with van der Waals surface area (Å²) in [5.74, 6) is 0. The van der Waals surface area contributed by atoms with E-state index in [1.165, 1.54) is 97.4 Å². The van der Waals surface area contributed by atoms with E-state index in [0.29, 0.717) is 0 Å². The quantitative estimate of drug-likeness (QED) is 0.298. The van der Waals surface area contributed by atoms with Crippen LogP contribution in [0.3, 0.4) is 0 Å². The number of nitrogens with zero attached hydrogens (tertiary/aromatic N) is 3. The molecule has 0 aliphatic rings. The van der Waals surface area contributed by atoms with E-state index in [-0.39, 0.29) is 23.0 Å². The van der Waals surface area contributed by atoms with Crippen molar-refractivity contribution in [1.29, 1.82) is 0 Å². The fraction of sp³-hybridized carbons (Fsp3) is 0.957. The fourth-order valence-electron chi connectivity index (χ4n) is 4.03. The van der Waals surface area contributed by atoms with Crippen LogP contribution in [0.4, 0.5) is 0 Å². The second kappa shape index (κ2) is 18.5. The number of hydrogen-bond donors (Lipinski definition) is 0. The van der Waals surface area contributed by atoms with E-state index in [1.807, 2.05) is 0 Å². The molecule has 4 heteroatoms.